The lowest BCUT2D eigenvalue weighted by atomic mass is 10.0. The Balaban J connectivity index is 1.94. The number of rotatable bonds is 13. The van der Waals surface area contributed by atoms with E-state index in [9.17, 15) is 19.2 Å². The maximum Gasteiger partial charge on any atom is 0.408 e. The predicted octanol–water partition coefficient (Wildman–Crippen LogP) is 6.65. The van der Waals surface area contributed by atoms with Crippen molar-refractivity contribution in [3.63, 3.8) is 0 Å². The molecule has 0 bridgehead atoms. The topological polar surface area (TPSA) is 145 Å². The molecule has 3 atom stereocenters. The van der Waals surface area contributed by atoms with Gasteiger partial charge in [0.2, 0.25) is 18.0 Å². The number of benzene rings is 2. The summed E-state index contributed by atoms with van der Waals surface area (Å²) in [6.07, 6.45) is 0.199. The number of hydrogen-bond donors (Lipinski definition) is 3. The van der Waals surface area contributed by atoms with Crippen LogP contribution in [0.5, 0.6) is 11.5 Å². The van der Waals surface area contributed by atoms with Gasteiger partial charge in [-0.15, -0.1) is 0 Å². The number of hydrazine groups is 1. The summed E-state index contributed by atoms with van der Waals surface area (Å²) >= 11 is 17.3. The number of esters is 1. The van der Waals surface area contributed by atoms with E-state index < -0.39 is 66.3 Å². The van der Waals surface area contributed by atoms with E-state index in [0.29, 0.717) is 24.3 Å². The van der Waals surface area contributed by atoms with Crippen LogP contribution >= 0.6 is 34.8 Å². The zero-order valence-electron chi connectivity index (χ0n) is 31.9. The quantitative estimate of drug-likeness (QED) is 0.115. The predicted molar refractivity (Wildman–Crippen MR) is 209 cm³/mol. The Morgan fingerprint density at radius 2 is 1.55 bits per heavy atom. The van der Waals surface area contributed by atoms with E-state index in [1.165, 1.54) is 5.01 Å². The largest absolute Gasteiger partial charge is 0.543 e. The van der Waals surface area contributed by atoms with E-state index in [1.807, 2.05) is 24.3 Å². The van der Waals surface area contributed by atoms with E-state index >= 15 is 0 Å². The van der Waals surface area contributed by atoms with Crippen LogP contribution in [-0.2, 0) is 36.7 Å². The highest BCUT2D eigenvalue weighted by molar-refractivity contribution is 6.74. The number of halogens is 3. The monoisotopic (exact) mass is 814 g/mol. The van der Waals surface area contributed by atoms with Gasteiger partial charge in [0.15, 0.2) is 0 Å². The second-order valence-corrected chi connectivity index (χ2v) is 22.8. The first-order chi connectivity index (χ1) is 24.5. The van der Waals surface area contributed by atoms with Crippen LogP contribution in [0.2, 0.25) is 18.1 Å². The highest BCUT2D eigenvalue weighted by Gasteiger charge is 2.39. The Morgan fingerprint density at radius 3 is 2.13 bits per heavy atom. The van der Waals surface area contributed by atoms with Crippen molar-refractivity contribution >= 4 is 67.0 Å². The van der Waals surface area contributed by atoms with Crippen LogP contribution < -0.4 is 25.2 Å². The SMILES string of the molecule is COc1ccc(C[C@H](NC(=O)OC(C)(C)C)C(=O)N[C@@H](Cc2cccc(O[Si](C)(C)C(C)(C)C)c2)C(=O)N2CCC[C@@H](C(=O)OCC(Cl)(Cl)Cl)N2)cc1. The number of nitrogens with zero attached hydrogens (tertiary/aromatic N) is 1. The van der Waals surface area contributed by atoms with Crippen molar-refractivity contribution in [2.24, 2.45) is 0 Å². The van der Waals surface area contributed by atoms with Crippen molar-refractivity contribution in [1.29, 1.82) is 0 Å². The molecule has 1 aliphatic rings. The Hall–Kier alpha value is -3.23. The molecule has 0 aromatic heterocycles. The summed E-state index contributed by atoms with van der Waals surface area (Å²) in [6, 6.07) is 11.3. The number of amides is 3. The minimum Gasteiger partial charge on any atom is -0.543 e. The molecule has 1 heterocycles. The average molecular weight is 816 g/mol. The Kier molecular flexibility index (Phi) is 15.3. The van der Waals surface area contributed by atoms with Gasteiger partial charge in [0.1, 0.15) is 41.8 Å². The molecule has 1 aliphatic heterocycles. The van der Waals surface area contributed by atoms with E-state index in [-0.39, 0.29) is 24.4 Å². The van der Waals surface area contributed by atoms with Gasteiger partial charge < -0.3 is 29.3 Å². The summed E-state index contributed by atoms with van der Waals surface area (Å²) < 4.78 is 20.6. The first kappa shape index (κ1) is 44.2. The summed E-state index contributed by atoms with van der Waals surface area (Å²) in [5.41, 5.74) is 3.57. The maximum absolute atomic E-state index is 14.3. The maximum atomic E-state index is 14.3. The summed E-state index contributed by atoms with van der Waals surface area (Å²) in [5.74, 6) is -0.527. The molecular weight excluding hydrogens is 763 g/mol. The molecule has 3 rings (SSSR count). The van der Waals surface area contributed by atoms with Crippen molar-refractivity contribution < 1.29 is 37.8 Å². The van der Waals surface area contributed by atoms with Crippen molar-refractivity contribution in [1.82, 2.24) is 21.1 Å². The third-order valence-corrected chi connectivity index (χ3v) is 13.5. The fourth-order valence-electron chi connectivity index (χ4n) is 5.10. The van der Waals surface area contributed by atoms with Gasteiger partial charge in [-0.05, 0) is 87.1 Å². The second kappa shape index (κ2) is 18.4. The molecule has 1 fully saturated rings. The molecule has 3 amide bonds. The van der Waals surface area contributed by atoms with Gasteiger partial charge in [-0.1, -0.05) is 79.8 Å². The normalized spacial score (nSPS) is 16.5. The highest BCUT2D eigenvalue weighted by Crippen LogP contribution is 2.37. The summed E-state index contributed by atoms with van der Waals surface area (Å²) in [6.45, 7) is 15.7. The summed E-state index contributed by atoms with van der Waals surface area (Å²) in [5, 5.41) is 6.82. The van der Waals surface area contributed by atoms with Gasteiger partial charge in [0.05, 0.1) is 7.11 Å². The minimum atomic E-state index is -2.20. The molecule has 1 saturated heterocycles. The van der Waals surface area contributed by atoms with Gasteiger partial charge in [0.25, 0.3) is 5.91 Å². The second-order valence-electron chi connectivity index (χ2n) is 15.6. The molecular formula is C37H53Cl3N4O8Si. The number of alkyl carbamates (subject to hydrolysis) is 1. The van der Waals surface area contributed by atoms with Gasteiger partial charge in [-0.25, -0.2) is 10.2 Å². The average Bonchev–Trinajstić information content (AvgIpc) is 3.05. The molecule has 294 valence electrons. The lowest BCUT2D eigenvalue weighted by Gasteiger charge is -2.36. The number of nitrogens with one attached hydrogen (secondary N) is 3. The number of hydrogen-bond acceptors (Lipinski definition) is 9. The van der Waals surface area contributed by atoms with Crippen molar-refractivity contribution in [2.75, 3.05) is 20.3 Å². The molecule has 0 unspecified atom stereocenters. The van der Waals surface area contributed by atoms with Crippen LogP contribution in [0.3, 0.4) is 0 Å². The number of carbonyl (C=O) groups excluding carboxylic acids is 4. The Morgan fingerprint density at radius 1 is 0.906 bits per heavy atom. The van der Waals surface area contributed by atoms with Gasteiger partial charge in [-0.3, -0.25) is 19.4 Å². The van der Waals surface area contributed by atoms with E-state index in [0.717, 1.165) is 11.1 Å². The fraction of sp³-hybridized carbons (Fsp3) is 0.568. The van der Waals surface area contributed by atoms with Crippen molar-refractivity contribution in [3.05, 3.63) is 59.7 Å². The van der Waals surface area contributed by atoms with Gasteiger partial charge in [0, 0.05) is 19.4 Å². The van der Waals surface area contributed by atoms with E-state index in [1.54, 1.807) is 52.1 Å². The van der Waals surface area contributed by atoms with E-state index in [2.05, 4.69) is 49.9 Å². The highest BCUT2D eigenvalue weighted by atomic mass is 35.6. The molecule has 53 heavy (non-hydrogen) atoms. The molecule has 12 nitrogen and oxygen atoms in total. The van der Waals surface area contributed by atoms with Crippen LogP contribution in [0.25, 0.3) is 0 Å². The molecule has 0 aliphatic carbocycles. The first-order valence-corrected chi connectivity index (χ1v) is 21.5. The smallest absolute Gasteiger partial charge is 0.408 e. The zero-order chi connectivity index (χ0) is 39.8. The molecule has 0 radical (unpaired) electrons. The third-order valence-electron chi connectivity index (χ3n) is 8.85. The first-order valence-electron chi connectivity index (χ1n) is 17.5. The van der Waals surface area contributed by atoms with Crippen molar-refractivity contribution in [3.8, 4) is 11.5 Å². The number of ether oxygens (including phenoxy) is 3. The van der Waals surface area contributed by atoms with Crippen LogP contribution in [-0.4, -0.2) is 85.0 Å². The summed E-state index contributed by atoms with van der Waals surface area (Å²) in [7, 11) is -0.646. The zero-order valence-corrected chi connectivity index (χ0v) is 35.2. The number of alkyl halides is 3. The number of carbonyl (C=O) groups is 4. The van der Waals surface area contributed by atoms with E-state index in [4.69, 9.17) is 53.4 Å². The molecule has 2 aromatic rings. The molecule has 2 aromatic carbocycles. The Labute approximate surface area is 329 Å². The van der Waals surface area contributed by atoms with Crippen LogP contribution in [0.4, 0.5) is 4.79 Å². The van der Waals surface area contributed by atoms with Crippen LogP contribution in [0.15, 0.2) is 48.5 Å². The number of methoxy groups -OCH3 is 1. The fourth-order valence-corrected chi connectivity index (χ4v) is 6.29. The van der Waals surface area contributed by atoms with Gasteiger partial charge in [-0.2, -0.15) is 0 Å². The lowest BCUT2D eigenvalue weighted by molar-refractivity contribution is -0.153. The van der Waals surface area contributed by atoms with Gasteiger partial charge >= 0.3 is 12.1 Å². The Bertz CT molecular complexity index is 1580. The summed E-state index contributed by atoms with van der Waals surface area (Å²) in [4.78, 5) is 54.3. The molecule has 16 heteroatoms. The molecule has 0 spiro atoms. The third kappa shape index (κ3) is 14.5. The standard InChI is InChI=1S/C37H53Cl3N4O8Si/c1-35(2,3)51-34(48)42-29(21-24-15-17-26(49-7)18-16-24)31(45)41-30(22-25-12-10-13-27(20-25)52-53(8,9)36(4,5)6)32(46)44-19-11-14-28(43-44)33(47)50-23-37(38,39)40/h10,12-13,15-18,20,28-30,43H,11,14,19,21-23H2,1-9H3,(H,41,45)(H,42,48)/t28-,29-,30-/m0/s1. The molecule has 0 saturated carbocycles. The van der Waals surface area contributed by atoms with Crippen LogP contribution in [0.1, 0.15) is 65.5 Å². The molecule has 3 N–H and O–H groups in total. The van der Waals surface area contributed by atoms with Crippen molar-refractivity contribution in [2.45, 2.75) is 113 Å². The lowest BCUT2D eigenvalue weighted by Crippen LogP contribution is -2.62. The minimum absolute atomic E-state index is 0.0497. The van der Waals surface area contributed by atoms with Crippen LogP contribution in [0, 0.1) is 0 Å².